The molecule has 12 rings (SSSR count). The average molecular weight is 775 g/mol. The van der Waals surface area contributed by atoms with Gasteiger partial charge in [0.1, 0.15) is 0 Å². The predicted molar refractivity (Wildman–Crippen MR) is 254 cm³/mol. The zero-order valence-electron chi connectivity index (χ0n) is 33.3. The third kappa shape index (κ3) is 5.50. The first-order valence-electron chi connectivity index (χ1n) is 21.0. The lowest BCUT2D eigenvalue weighted by atomic mass is 9.67. The highest BCUT2D eigenvalue weighted by Gasteiger charge is 2.46. The molecule has 11 aromatic rings. The molecule has 284 valence electrons. The molecular weight excluding hydrogens is 737 g/mol. The molecule has 2 heteroatoms. The molecule has 0 aliphatic heterocycles. The quantitative estimate of drug-likeness (QED) is 0.124. The van der Waals surface area contributed by atoms with Crippen molar-refractivity contribution in [2.24, 2.45) is 0 Å². The summed E-state index contributed by atoms with van der Waals surface area (Å²) in [5.41, 5.74) is 14.2. The molecule has 1 heterocycles. The smallest absolute Gasteiger partial charge is 0.160 e. The second-order valence-corrected chi connectivity index (χ2v) is 16.0. The van der Waals surface area contributed by atoms with E-state index >= 15 is 0 Å². The molecule has 0 unspecified atom stereocenters. The molecule has 10 aromatic carbocycles. The highest BCUT2D eigenvalue weighted by atomic mass is 14.9. The van der Waals surface area contributed by atoms with Crippen LogP contribution in [0.1, 0.15) is 22.3 Å². The fourth-order valence-corrected chi connectivity index (χ4v) is 10.1. The summed E-state index contributed by atoms with van der Waals surface area (Å²) in [4.78, 5) is 10.8. The Morgan fingerprint density at radius 1 is 0.295 bits per heavy atom. The standard InChI is InChI=1S/C59H38N2/c1-4-19-40(20-5-1)58-60-54(42-22-16-23-43(36-42)56-47-29-13-11-21-41(47)37-51-46-28-12-10-18-39(46)34-35-48(51)56)38-55(61-58)50-31-17-33-53-57(50)49-30-14-15-32-52(49)59(53,44-24-6-2-7-25-44)45-26-8-3-9-27-45/h1-38H. The van der Waals surface area contributed by atoms with Crippen LogP contribution in [0.3, 0.4) is 0 Å². The normalized spacial score (nSPS) is 12.7. The minimum absolute atomic E-state index is 0.510. The van der Waals surface area contributed by atoms with Crippen molar-refractivity contribution in [1.82, 2.24) is 9.97 Å². The van der Waals surface area contributed by atoms with Gasteiger partial charge in [0.15, 0.2) is 5.82 Å². The number of hydrogen-bond donors (Lipinski definition) is 0. The lowest BCUT2D eigenvalue weighted by Crippen LogP contribution is -2.28. The van der Waals surface area contributed by atoms with E-state index in [4.69, 9.17) is 9.97 Å². The first-order chi connectivity index (χ1) is 30.3. The lowest BCUT2D eigenvalue weighted by Gasteiger charge is -2.33. The number of benzene rings is 10. The van der Waals surface area contributed by atoms with Crippen LogP contribution in [0.25, 0.3) is 88.5 Å². The van der Waals surface area contributed by atoms with E-state index in [1.165, 1.54) is 71.3 Å². The Kier molecular flexibility index (Phi) is 8.11. The van der Waals surface area contributed by atoms with Crippen LogP contribution in [0.15, 0.2) is 231 Å². The summed E-state index contributed by atoms with van der Waals surface area (Å²) in [7, 11) is 0. The Balaban J connectivity index is 1.10. The molecular formula is C59H38N2. The highest BCUT2D eigenvalue weighted by molar-refractivity contribution is 6.20. The third-order valence-electron chi connectivity index (χ3n) is 12.7. The zero-order chi connectivity index (χ0) is 40.3. The Morgan fingerprint density at radius 3 is 1.66 bits per heavy atom. The van der Waals surface area contributed by atoms with E-state index in [1.54, 1.807) is 0 Å². The van der Waals surface area contributed by atoms with Crippen LogP contribution >= 0.6 is 0 Å². The van der Waals surface area contributed by atoms with E-state index in [0.29, 0.717) is 5.82 Å². The maximum Gasteiger partial charge on any atom is 0.160 e. The molecule has 0 saturated heterocycles. The number of hydrogen-bond acceptors (Lipinski definition) is 2. The molecule has 0 atom stereocenters. The van der Waals surface area contributed by atoms with E-state index < -0.39 is 5.41 Å². The SMILES string of the molecule is c1ccc(-c2nc(-c3cccc(-c4c5ccccc5cc5c4ccc4ccccc45)c3)cc(-c3cccc4c3-c3ccccc3C4(c3ccccc3)c3ccccc3)n2)cc1. The summed E-state index contributed by atoms with van der Waals surface area (Å²) in [6.07, 6.45) is 0. The Labute approximate surface area is 355 Å². The summed E-state index contributed by atoms with van der Waals surface area (Å²) in [6, 6.07) is 83.5. The Bertz CT molecular complexity index is 3420. The molecule has 0 N–H and O–H groups in total. The van der Waals surface area contributed by atoms with E-state index in [-0.39, 0.29) is 0 Å². The highest BCUT2D eigenvalue weighted by Crippen LogP contribution is 2.58. The first kappa shape index (κ1) is 35.0. The Hall–Kier alpha value is -7.94. The second-order valence-electron chi connectivity index (χ2n) is 16.0. The van der Waals surface area contributed by atoms with Gasteiger partial charge in [-0.3, -0.25) is 0 Å². The van der Waals surface area contributed by atoms with Gasteiger partial charge in [-0.1, -0.05) is 212 Å². The molecule has 0 bridgehead atoms. The third-order valence-corrected chi connectivity index (χ3v) is 12.7. The molecule has 0 radical (unpaired) electrons. The minimum Gasteiger partial charge on any atom is -0.228 e. The van der Waals surface area contributed by atoms with Crippen molar-refractivity contribution in [3.05, 3.63) is 253 Å². The van der Waals surface area contributed by atoms with Crippen molar-refractivity contribution in [2.45, 2.75) is 5.41 Å². The molecule has 0 spiro atoms. The van der Waals surface area contributed by atoms with Gasteiger partial charge >= 0.3 is 0 Å². The maximum absolute atomic E-state index is 5.42. The molecule has 0 saturated carbocycles. The first-order valence-corrected chi connectivity index (χ1v) is 21.0. The largest absolute Gasteiger partial charge is 0.228 e. The second kappa shape index (κ2) is 14.1. The lowest BCUT2D eigenvalue weighted by molar-refractivity contribution is 0.768. The molecule has 0 amide bonds. The van der Waals surface area contributed by atoms with Gasteiger partial charge in [-0.2, -0.15) is 0 Å². The van der Waals surface area contributed by atoms with Crippen LogP contribution in [0.2, 0.25) is 0 Å². The van der Waals surface area contributed by atoms with Crippen LogP contribution < -0.4 is 0 Å². The van der Waals surface area contributed by atoms with Gasteiger partial charge in [0.2, 0.25) is 0 Å². The van der Waals surface area contributed by atoms with Crippen molar-refractivity contribution in [1.29, 1.82) is 0 Å². The zero-order valence-corrected chi connectivity index (χ0v) is 33.3. The fourth-order valence-electron chi connectivity index (χ4n) is 10.1. The average Bonchev–Trinajstić information content (AvgIpc) is 3.65. The fraction of sp³-hybridized carbons (Fsp3) is 0.0169. The van der Waals surface area contributed by atoms with Gasteiger partial charge in [0.05, 0.1) is 16.8 Å². The molecule has 1 aliphatic rings. The van der Waals surface area contributed by atoms with E-state index in [2.05, 4.69) is 224 Å². The number of nitrogens with zero attached hydrogens (tertiary/aromatic N) is 2. The van der Waals surface area contributed by atoms with E-state index in [0.717, 1.165) is 33.6 Å². The van der Waals surface area contributed by atoms with Gasteiger partial charge in [-0.15, -0.1) is 0 Å². The minimum atomic E-state index is -0.510. The van der Waals surface area contributed by atoms with Crippen LogP contribution in [-0.4, -0.2) is 9.97 Å². The Morgan fingerprint density at radius 2 is 0.869 bits per heavy atom. The van der Waals surface area contributed by atoms with Gasteiger partial charge in [-0.25, -0.2) is 9.97 Å². The van der Waals surface area contributed by atoms with Crippen molar-refractivity contribution >= 4 is 32.3 Å². The van der Waals surface area contributed by atoms with Crippen molar-refractivity contribution in [3.63, 3.8) is 0 Å². The van der Waals surface area contributed by atoms with Gasteiger partial charge < -0.3 is 0 Å². The molecule has 1 aromatic heterocycles. The molecule has 0 fully saturated rings. The maximum atomic E-state index is 5.42. The van der Waals surface area contributed by atoms with Crippen LogP contribution in [-0.2, 0) is 5.41 Å². The number of rotatable bonds is 6. The summed E-state index contributed by atoms with van der Waals surface area (Å²) >= 11 is 0. The van der Waals surface area contributed by atoms with Crippen molar-refractivity contribution in [3.8, 4) is 56.2 Å². The molecule has 1 aliphatic carbocycles. The van der Waals surface area contributed by atoms with Crippen molar-refractivity contribution in [2.75, 3.05) is 0 Å². The molecule has 61 heavy (non-hydrogen) atoms. The number of aromatic nitrogens is 2. The summed E-state index contributed by atoms with van der Waals surface area (Å²) < 4.78 is 0. The topological polar surface area (TPSA) is 25.8 Å². The number of fused-ring (bicyclic) bond motifs is 7. The summed E-state index contributed by atoms with van der Waals surface area (Å²) in [5, 5.41) is 7.45. The van der Waals surface area contributed by atoms with Crippen LogP contribution in [0.4, 0.5) is 0 Å². The van der Waals surface area contributed by atoms with Crippen LogP contribution in [0.5, 0.6) is 0 Å². The van der Waals surface area contributed by atoms with Gasteiger partial charge in [0, 0.05) is 16.7 Å². The molecule has 2 nitrogen and oxygen atoms in total. The van der Waals surface area contributed by atoms with Crippen LogP contribution in [0, 0.1) is 0 Å². The van der Waals surface area contributed by atoms with E-state index in [9.17, 15) is 0 Å². The summed E-state index contributed by atoms with van der Waals surface area (Å²) in [5.74, 6) is 0.696. The van der Waals surface area contributed by atoms with Gasteiger partial charge in [-0.05, 0) is 95.0 Å². The monoisotopic (exact) mass is 774 g/mol. The van der Waals surface area contributed by atoms with E-state index in [1.807, 2.05) is 6.07 Å². The van der Waals surface area contributed by atoms with Crippen molar-refractivity contribution < 1.29 is 0 Å². The summed E-state index contributed by atoms with van der Waals surface area (Å²) in [6.45, 7) is 0. The van der Waals surface area contributed by atoms with Gasteiger partial charge in [0.25, 0.3) is 0 Å². The predicted octanol–water partition coefficient (Wildman–Crippen LogP) is 15.0.